The average Bonchev–Trinajstić information content (AvgIpc) is 2.56. The Labute approximate surface area is 142 Å². The topological polar surface area (TPSA) is 35.5 Å². The van der Waals surface area contributed by atoms with Crippen molar-refractivity contribution in [2.45, 2.75) is 25.4 Å². The maximum Gasteiger partial charge on any atom is 0.186 e. The van der Waals surface area contributed by atoms with Crippen molar-refractivity contribution in [2.75, 3.05) is 13.2 Å². The van der Waals surface area contributed by atoms with Gasteiger partial charge in [0.1, 0.15) is 0 Å². The summed E-state index contributed by atoms with van der Waals surface area (Å²) in [6.07, 6.45) is 0. The van der Waals surface area contributed by atoms with Crippen molar-refractivity contribution < 1.29 is 14.3 Å². The summed E-state index contributed by atoms with van der Waals surface area (Å²) in [4.78, 5) is 11.4. The lowest BCUT2D eigenvalue weighted by Gasteiger charge is -2.15. The van der Waals surface area contributed by atoms with Gasteiger partial charge < -0.3 is 9.47 Å². The van der Waals surface area contributed by atoms with Gasteiger partial charge in [0.2, 0.25) is 0 Å². The first kappa shape index (κ1) is 17.7. The van der Waals surface area contributed by atoms with Crippen LogP contribution in [0.1, 0.15) is 18.1 Å². The third-order valence-corrected chi connectivity index (χ3v) is 4.10. The SMILES string of the molecule is CC(=O)SC(COCc1ccccc1)COCc1ccccc1. The van der Waals surface area contributed by atoms with Gasteiger partial charge in [0, 0.05) is 6.92 Å². The fraction of sp³-hybridized carbons (Fsp3) is 0.316. The molecule has 0 aromatic heterocycles. The summed E-state index contributed by atoms with van der Waals surface area (Å²) in [6, 6.07) is 20.0. The van der Waals surface area contributed by atoms with Gasteiger partial charge in [-0.05, 0) is 11.1 Å². The molecule has 0 atom stereocenters. The van der Waals surface area contributed by atoms with Crippen LogP contribution in [0.25, 0.3) is 0 Å². The molecule has 3 nitrogen and oxygen atoms in total. The number of thioether (sulfide) groups is 1. The third kappa shape index (κ3) is 7.46. The van der Waals surface area contributed by atoms with E-state index in [2.05, 4.69) is 0 Å². The smallest absolute Gasteiger partial charge is 0.186 e. The van der Waals surface area contributed by atoms with Crippen LogP contribution >= 0.6 is 11.8 Å². The van der Waals surface area contributed by atoms with Crippen LogP contribution in [0.3, 0.4) is 0 Å². The van der Waals surface area contributed by atoms with Crippen molar-refractivity contribution in [2.24, 2.45) is 0 Å². The van der Waals surface area contributed by atoms with Crippen molar-refractivity contribution >= 4 is 16.9 Å². The molecule has 0 heterocycles. The minimum absolute atomic E-state index is 0.0138. The van der Waals surface area contributed by atoms with E-state index in [0.29, 0.717) is 26.4 Å². The van der Waals surface area contributed by atoms with Gasteiger partial charge in [-0.2, -0.15) is 0 Å². The van der Waals surface area contributed by atoms with Crippen molar-refractivity contribution in [3.05, 3.63) is 71.8 Å². The molecule has 122 valence electrons. The summed E-state index contributed by atoms with van der Waals surface area (Å²) in [6.45, 7) is 3.66. The number of carbonyl (C=O) groups excluding carboxylic acids is 1. The van der Waals surface area contributed by atoms with Gasteiger partial charge in [-0.3, -0.25) is 4.79 Å². The first-order valence-corrected chi connectivity index (χ1v) is 8.52. The summed E-state index contributed by atoms with van der Waals surface area (Å²) >= 11 is 1.28. The minimum Gasteiger partial charge on any atom is -0.376 e. The lowest BCUT2D eigenvalue weighted by molar-refractivity contribution is -0.109. The fourth-order valence-corrected chi connectivity index (χ4v) is 2.91. The summed E-state index contributed by atoms with van der Waals surface area (Å²) < 4.78 is 11.5. The number of hydrogen-bond acceptors (Lipinski definition) is 4. The zero-order valence-corrected chi connectivity index (χ0v) is 14.1. The highest BCUT2D eigenvalue weighted by molar-refractivity contribution is 8.14. The summed E-state index contributed by atoms with van der Waals surface area (Å²) in [5.74, 6) is 0. The second-order valence-corrected chi connectivity index (χ2v) is 6.71. The standard InChI is InChI=1S/C19H22O3S/c1-16(20)23-19(14-21-12-17-8-4-2-5-9-17)15-22-13-18-10-6-3-7-11-18/h2-11,19H,12-15H2,1H3. The highest BCUT2D eigenvalue weighted by Crippen LogP contribution is 2.15. The molecule has 0 radical (unpaired) electrons. The van der Waals surface area contributed by atoms with E-state index in [0.717, 1.165) is 11.1 Å². The Morgan fingerprint density at radius 3 is 1.70 bits per heavy atom. The molecule has 0 fully saturated rings. The molecule has 0 saturated carbocycles. The van der Waals surface area contributed by atoms with Crippen LogP contribution in [0.2, 0.25) is 0 Å². The molecule has 0 aliphatic rings. The maximum atomic E-state index is 11.4. The molecule has 0 saturated heterocycles. The molecule has 0 bridgehead atoms. The average molecular weight is 330 g/mol. The third-order valence-electron chi connectivity index (χ3n) is 3.16. The second kappa shape index (κ2) is 10.2. The normalized spacial score (nSPS) is 10.9. The Balaban J connectivity index is 1.74. The van der Waals surface area contributed by atoms with Crippen molar-refractivity contribution in [3.8, 4) is 0 Å². The predicted molar refractivity (Wildman–Crippen MR) is 94.3 cm³/mol. The zero-order chi connectivity index (χ0) is 16.3. The minimum atomic E-state index is 0.0138. The van der Waals surface area contributed by atoms with Crippen LogP contribution in [-0.2, 0) is 27.5 Å². The Morgan fingerprint density at radius 2 is 1.30 bits per heavy atom. The van der Waals surface area contributed by atoms with Gasteiger partial charge in [-0.25, -0.2) is 0 Å². The lowest BCUT2D eigenvalue weighted by atomic mass is 10.2. The highest BCUT2D eigenvalue weighted by atomic mass is 32.2. The monoisotopic (exact) mass is 330 g/mol. The van der Waals surface area contributed by atoms with E-state index >= 15 is 0 Å². The van der Waals surface area contributed by atoms with E-state index in [1.165, 1.54) is 11.8 Å². The fourth-order valence-electron chi connectivity index (χ4n) is 2.12. The second-order valence-electron chi connectivity index (χ2n) is 5.23. The number of ether oxygens (including phenoxy) is 2. The molecule has 0 aliphatic heterocycles. The van der Waals surface area contributed by atoms with E-state index in [1.54, 1.807) is 6.92 Å². The Kier molecular flexibility index (Phi) is 7.87. The van der Waals surface area contributed by atoms with E-state index < -0.39 is 0 Å². The predicted octanol–water partition coefficient (Wildman–Crippen LogP) is 4.07. The summed E-state index contributed by atoms with van der Waals surface area (Å²) in [5, 5.41) is 0.0987. The van der Waals surface area contributed by atoms with Crippen LogP contribution in [0.4, 0.5) is 0 Å². The molecule has 2 aromatic carbocycles. The summed E-state index contributed by atoms with van der Waals surface area (Å²) in [5.41, 5.74) is 2.26. The van der Waals surface area contributed by atoms with E-state index in [1.807, 2.05) is 60.7 Å². The molecule has 2 aromatic rings. The van der Waals surface area contributed by atoms with Gasteiger partial charge in [-0.15, -0.1) is 0 Å². The molecule has 0 spiro atoms. The van der Waals surface area contributed by atoms with Gasteiger partial charge in [0.05, 0.1) is 31.7 Å². The number of benzene rings is 2. The molecule has 0 N–H and O–H groups in total. The molecule has 23 heavy (non-hydrogen) atoms. The van der Waals surface area contributed by atoms with Crippen molar-refractivity contribution in [3.63, 3.8) is 0 Å². The largest absolute Gasteiger partial charge is 0.376 e. The zero-order valence-electron chi connectivity index (χ0n) is 13.3. The quantitative estimate of drug-likeness (QED) is 0.694. The number of rotatable bonds is 9. The van der Waals surface area contributed by atoms with Gasteiger partial charge >= 0.3 is 0 Å². The van der Waals surface area contributed by atoms with Gasteiger partial charge in [-0.1, -0.05) is 72.4 Å². The van der Waals surface area contributed by atoms with Gasteiger partial charge in [0.15, 0.2) is 5.12 Å². The van der Waals surface area contributed by atoms with E-state index in [-0.39, 0.29) is 10.4 Å². The van der Waals surface area contributed by atoms with Crippen LogP contribution in [0.15, 0.2) is 60.7 Å². The van der Waals surface area contributed by atoms with Crippen molar-refractivity contribution in [1.29, 1.82) is 0 Å². The molecule has 0 unspecified atom stereocenters. The Hall–Kier alpha value is -1.62. The van der Waals surface area contributed by atoms with Crippen LogP contribution in [0.5, 0.6) is 0 Å². The van der Waals surface area contributed by atoms with Gasteiger partial charge in [0.25, 0.3) is 0 Å². The number of carbonyl (C=O) groups is 1. The van der Waals surface area contributed by atoms with Crippen LogP contribution in [0, 0.1) is 0 Å². The Morgan fingerprint density at radius 1 is 0.870 bits per heavy atom. The lowest BCUT2D eigenvalue weighted by Crippen LogP contribution is -2.20. The van der Waals surface area contributed by atoms with Crippen molar-refractivity contribution in [1.82, 2.24) is 0 Å². The molecular formula is C19H22O3S. The van der Waals surface area contributed by atoms with Crippen LogP contribution < -0.4 is 0 Å². The molecular weight excluding hydrogens is 308 g/mol. The van der Waals surface area contributed by atoms with Crippen LogP contribution in [-0.4, -0.2) is 23.6 Å². The molecule has 2 rings (SSSR count). The molecule has 0 aliphatic carbocycles. The summed E-state index contributed by atoms with van der Waals surface area (Å²) in [7, 11) is 0. The highest BCUT2D eigenvalue weighted by Gasteiger charge is 2.13. The number of hydrogen-bond donors (Lipinski definition) is 0. The first-order chi connectivity index (χ1) is 11.2. The van der Waals surface area contributed by atoms with E-state index in [9.17, 15) is 4.79 Å². The first-order valence-electron chi connectivity index (χ1n) is 7.64. The maximum absolute atomic E-state index is 11.4. The van der Waals surface area contributed by atoms with E-state index in [4.69, 9.17) is 9.47 Å². The molecule has 4 heteroatoms. The molecule has 0 amide bonds. The Bertz CT molecular complexity index is 526.